The summed E-state index contributed by atoms with van der Waals surface area (Å²) in [4.78, 5) is 32.3. The number of carbonyl (C=O) groups excluding carboxylic acids is 2. The summed E-state index contributed by atoms with van der Waals surface area (Å²) < 4.78 is 0.841. The van der Waals surface area contributed by atoms with Gasteiger partial charge in [-0.05, 0) is 41.7 Å². The smallest absolute Gasteiger partial charge is 0.232 e. The molecule has 1 amide bonds. The van der Waals surface area contributed by atoms with Crippen LogP contribution in [0.15, 0.2) is 58.5 Å². The lowest BCUT2D eigenvalue weighted by Crippen LogP contribution is -2.43. The number of benzene rings is 1. The van der Waals surface area contributed by atoms with Gasteiger partial charge in [0, 0.05) is 46.9 Å². The number of amides is 1. The Morgan fingerprint density at radius 2 is 2.00 bits per heavy atom. The molecule has 0 fully saturated rings. The van der Waals surface area contributed by atoms with Crippen LogP contribution in [0.4, 0.5) is 5.69 Å². The number of nitrogens with zero attached hydrogens (tertiary/aromatic N) is 2. The quantitative estimate of drug-likeness (QED) is 0.582. The first-order valence-corrected chi connectivity index (χ1v) is 10.4. The average molecular weight is 460 g/mol. The summed E-state index contributed by atoms with van der Waals surface area (Å²) >= 11 is 9.89. The van der Waals surface area contributed by atoms with Crippen molar-refractivity contribution in [3.63, 3.8) is 0 Å². The summed E-state index contributed by atoms with van der Waals surface area (Å²) in [5.41, 5.74) is 2.81. The summed E-state index contributed by atoms with van der Waals surface area (Å²) in [6.45, 7) is 4.13. The first kappa shape index (κ1) is 19.3. The summed E-state index contributed by atoms with van der Waals surface area (Å²) in [6, 6.07) is 9.23. The molecule has 1 aliphatic carbocycles. The first-order valence-electron chi connectivity index (χ1n) is 9.21. The Balaban J connectivity index is 1.92. The van der Waals surface area contributed by atoms with Crippen molar-refractivity contribution in [2.45, 2.75) is 39.0 Å². The number of hydrogen-bond acceptors (Lipinski definition) is 3. The number of carbonyl (C=O) groups is 2. The highest BCUT2D eigenvalue weighted by Gasteiger charge is 2.44. The molecule has 28 heavy (non-hydrogen) atoms. The topological polar surface area (TPSA) is 50.3 Å². The minimum absolute atomic E-state index is 0.0534. The molecule has 1 atom stereocenters. The third-order valence-electron chi connectivity index (χ3n) is 5.38. The van der Waals surface area contributed by atoms with Gasteiger partial charge in [0.1, 0.15) is 0 Å². The second-order valence-electron chi connectivity index (χ2n) is 8.17. The standard InChI is InChI=1S/C22H20BrClN2O2/c1-22(2)10-18-21(19(27)11-22)15(13-4-3-7-25-12-13)9-20(28)26(18)17-6-5-14(23)8-16(17)24/h3-8,12,15H,9-11H2,1-2H3. The number of Topliss-reactive ketones (excluding diaryl/α,β-unsaturated/α-hetero) is 1. The fourth-order valence-electron chi connectivity index (χ4n) is 4.22. The normalized spacial score (nSPS) is 21.7. The van der Waals surface area contributed by atoms with Crippen LogP contribution in [-0.4, -0.2) is 16.7 Å². The van der Waals surface area contributed by atoms with Crippen LogP contribution in [-0.2, 0) is 9.59 Å². The van der Waals surface area contributed by atoms with E-state index in [9.17, 15) is 9.59 Å². The molecule has 6 heteroatoms. The van der Waals surface area contributed by atoms with Gasteiger partial charge in [-0.3, -0.25) is 19.5 Å². The molecule has 1 aliphatic heterocycles. The fraction of sp³-hybridized carbons (Fsp3) is 0.318. The molecule has 1 aromatic heterocycles. The Labute approximate surface area is 177 Å². The van der Waals surface area contributed by atoms with Gasteiger partial charge in [0.15, 0.2) is 5.78 Å². The molecule has 0 saturated heterocycles. The van der Waals surface area contributed by atoms with Gasteiger partial charge >= 0.3 is 0 Å². The van der Waals surface area contributed by atoms with Crippen molar-refractivity contribution in [1.82, 2.24) is 4.98 Å². The molecule has 2 aliphatic rings. The van der Waals surface area contributed by atoms with Crippen LogP contribution in [0.5, 0.6) is 0 Å². The monoisotopic (exact) mass is 458 g/mol. The third-order valence-corrected chi connectivity index (χ3v) is 6.18. The molecule has 2 heterocycles. The van der Waals surface area contributed by atoms with Crippen molar-refractivity contribution < 1.29 is 9.59 Å². The zero-order chi connectivity index (χ0) is 20.1. The van der Waals surface area contributed by atoms with Gasteiger partial charge in [0.25, 0.3) is 0 Å². The number of anilines is 1. The number of rotatable bonds is 2. The minimum atomic E-state index is -0.259. The minimum Gasteiger partial charge on any atom is -0.294 e. The molecule has 4 rings (SSSR count). The summed E-state index contributed by atoms with van der Waals surface area (Å²) in [5, 5.41) is 0.477. The van der Waals surface area contributed by atoms with Crippen molar-refractivity contribution in [2.75, 3.05) is 4.90 Å². The molecule has 0 saturated carbocycles. The van der Waals surface area contributed by atoms with E-state index in [1.807, 2.05) is 24.3 Å². The van der Waals surface area contributed by atoms with Gasteiger partial charge in [-0.15, -0.1) is 0 Å². The molecular formula is C22H20BrClN2O2. The number of hydrogen-bond donors (Lipinski definition) is 0. The van der Waals surface area contributed by atoms with Crippen LogP contribution in [0.3, 0.4) is 0 Å². The van der Waals surface area contributed by atoms with Crippen molar-refractivity contribution in [1.29, 1.82) is 0 Å². The largest absolute Gasteiger partial charge is 0.294 e. The Bertz CT molecular complexity index is 1000. The lowest BCUT2D eigenvalue weighted by Gasteiger charge is -2.43. The number of pyridine rings is 1. The highest BCUT2D eigenvalue weighted by atomic mass is 79.9. The number of halogens is 2. The second kappa shape index (κ2) is 7.12. The van der Waals surface area contributed by atoms with Crippen molar-refractivity contribution in [3.8, 4) is 0 Å². The zero-order valence-corrected chi connectivity index (χ0v) is 18.0. The molecule has 0 N–H and O–H groups in total. The highest BCUT2D eigenvalue weighted by molar-refractivity contribution is 9.10. The summed E-state index contributed by atoms with van der Waals surface area (Å²) in [6.07, 6.45) is 4.78. The Morgan fingerprint density at radius 3 is 2.68 bits per heavy atom. The van der Waals surface area contributed by atoms with Gasteiger partial charge in [-0.2, -0.15) is 0 Å². The molecule has 1 aromatic carbocycles. The average Bonchev–Trinajstić information content (AvgIpc) is 2.62. The molecule has 0 radical (unpaired) electrons. The number of ketones is 1. The molecule has 4 nitrogen and oxygen atoms in total. The molecule has 0 spiro atoms. The van der Waals surface area contributed by atoms with Gasteiger partial charge in [-0.25, -0.2) is 0 Å². The summed E-state index contributed by atoms with van der Waals surface area (Å²) in [7, 11) is 0. The van der Waals surface area contributed by atoms with Crippen molar-refractivity contribution in [3.05, 3.63) is 69.1 Å². The van der Waals surface area contributed by atoms with Gasteiger partial charge < -0.3 is 0 Å². The van der Waals surface area contributed by atoms with E-state index in [1.54, 1.807) is 23.4 Å². The lowest BCUT2D eigenvalue weighted by atomic mass is 9.69. The Morgan fingerprint density at radius 1 is 1.21 bits per heavy atom. The van der Waals surface area contributed by atoms with E-state index in [0.717, 1.165) is 21.3 Å². The van der Waals surface area contributed by atoms with Crippen molar-refractivity contribution >= 4 is 44.9 Å². The van der Waals surface area contributed by atoms with Crippen molar-refractivity contribution in [2.24, 2.45) is 5.41 Å². The maximum absolute atomic E-state index is 13.3. The van der Waals surface area contributed by atoms with E-state index >= 15 is 0 Å². The van der Waals surface area contributed by atoms with Crippen LogP contribution in [0.1, 0.15) is 44.6 Å². The molecular weight excluding hydrogens is 440 g/mol. The number of aromatic nitrogens is 1. The first-order chi connectivity index (χ1) is 13.3. The molecule has 1 unspecified atom stereocenters. The van der Waals surface area contributed by atoms with Gasteiger partial charge in [-0.1, -0.05) is 47.4 Å². The van der Waals surface area contributed by atoms with E-state index in [0.29, 0.717) is 23.6 Å². The molecule has 0 bridgehead atoms. The van der Waals surface area contributed by atoms with Gasteiger partial charge in [0.05, 0.1) is 10.7 Å². The number of allylic oxidation sites excluding steroid dienone is 2. The highest BCUT2D eigenvalue weighted by Crippen LogP contribution is 2.49. The van der Waals surface area contributed by atoms with E-state index in [2.05, 4.69) is 34.8 Å². The van der Waals surface area contributed by atoms with Crippen LogP contribution >= 0.6 is 27.5 Å². The maximum atomic E-state index is 13.3. The van der Waals surface area contributed by atoms with Crippen LogP contribution < -0.4 is 4.90 Å². The van der Waals surface area contributed by atoms with Crippen LogP contribution in [0.2, 0.25) is 5.02 Å². The fourth-order valence-corrected chi connectivity index (χ4v) is 4.98. The van der Waals surface area contributed by atoms with E-state index in [-0.39, 0.29) is 29.4 Å². The zero-order valence-electron chi connectivity index (χ0n) is 15.7. The predicted octanol–water partition coefficient (Wildman–Crippen LogP) is 5.66. The van der Waals surface area contributed by atoms with E-state index < -0.39 is 0 Å². The van der Waals surface area contributed by atoms with E-state index in [1.165, 1.54) is 0 Å². The third kappa shape index (κ3) is 3.42. The Hall–Kier alpha value is -1.98. The lowest BCUT2D eigenvalue weighted by molar-refractivity contribution is -0.121. The molecule has 144 valence electrons. The predicted molar refractivity (Wildman–Crippen MR) is 113 cm³/mol. The van der Waals surface area contributed by atoms with E-state index in [4.69, 9.17) is 11.6 Å². The van der Waals surface area contributed by atoms with Crippen LogP contribution in [0, 0.1) is 5.41 Å². The SMILES string of the molecule is CC1(C)CC(=O)C2=C(C1)N(c1ccc(Br)cc1Cl)C(=O)CC2c1cccnc1. The maximum Gasteiger partial charge on any atom is 0.232 e. The Kier molecular flexibility index (Phi) is 4.92. The van der Waals surface area contributed by atoms with Gasteiger partial charge in [0.2, 0.25) is 5.91 Å². The second-order valence-corrected chi connectivity index (χ2v) is 9.49. The molecule has 2 aromatic rings. The summed E-state index contributed by atoms with van der Waals surface area (Å²) in [5.74, 6) is -0.210. The van der Waals surface area contributed by atoms with Crippen LogP contribution in [0.25, 0.3) is 0 Å².